The summed E-state index contributed by atoms with van der Waals surface area (Å²) in [4.78, 5) is 10.5. The van der Waals surface area contributed by atoms with Crippen LogP contribution in [0.1, 0.15) is 18.0 Å². The Bertz CT molecular complexity index is 400. The van der Waals surface area contributed by atoms with E-state index in [2.05, 4.69) is 11.4 Å². The van der Waals surface area contributed by atoms with E-state index >= 15 is 0 Å². The van der Waals surface area contributed by atoms with Crippen molar-refractivity contribution >= 4 is 5.91 Å². The van der Waals surface area contributed by atoms with Crippen LogP contribution >= 0.6 is 0 Å². The van der Waals surface area contributed by atoms with E-state index in [0.717, 1.165) is 5.56 Å². The van der Waals surface area contributed by atoms with Crippen LogP contribution in [0.4, 0.5) is 0 Å². The molecule has 0 saturated carbocycles. The molecule has 0 aromatic heterocycles. The van der Waals surface area contributed by atoms with Gasteiger partial charge in [0, 0.05) is 12.6 Å². The second-order valence-corrected chi connectivity index (χ2v) is 3.80. The van der Waals surface area contributed by atoms with E-state index in [1.165, 1.54) is 0 Å². The highest BCUT2D eigenvalue weighted by atomic mass is 16.5. The zero-order valence-electron chi connectivity index (χ0n) is 10.1. The van der Waals surface area contributed by atoms with Crippen LogP contribution in [0.3, 0.4) is 0 Å². The van der Waals surface area contributed by atoms with E-state index in [0.29, 0.717) is 19.6 Å². The lowest BCUT2D eigenvalue weighted by Gasteiger charge is -2.16. The van der Waals surface area contributed by atoms with Crippen molar-refractivity contribution in [2.45, 2.75) is 12.5 Å². The number of benzene rings is 1. The summed E-state index contributed by atoms with van der Waals surface area (Å²) in [6.45, 7) is 0.877. The van der Waals surface area contributed by atoms with Gasteiger partial charge < -0.3 is 15.8 Å². The molecule has 96 valence electrons. The zero-order chi connectivity index (χ0) is 13.2. The first-order valence-corrected chi connectivity index (χ1v) is 5.75. The Hall–Kier alpha value is -1.90. The number of ether oxygens (including phenoxy) is 1. The van der Waals surface area contributed by atoms with Crippen molar-refractivity contribution in [2.24, 2.45) is 5.73 Å². The fraction of sp³-hybridized carbons (Fsp3) is 0.385. The molecule has 18 heavy (non-hydrogen) atoms. The van der Waals surface area contributed by atoms with Crippen molar-refractivity contribution in [3.8, 4) is 6.07 Å². The predicted octanol–water partition coefficient (Wildman–Crippen LogP) is 0.733. The number of rotatable bonds is 8. The first-order valence-electron chi connectivity index (χ1n) is 5.75. The molecule has 5 heteroatoms. The van der Waals surface area contributed by atoms with Gasteiger partial charge in [0.1, 0.15) is 6.61 Å². The van der Waals surface area contributed by atoms with Gasteiger partial charge in [-0.3, -0.25) is 4.79 Å². The highest BCUT2D eigenvalue weighted by Gasteiger charge is 2.09. The maximum Gasteiger partial charge on any atom is 0.243 e. The van der Waals surface area contributed by atoms with Gasteiger partial charge in [-0.2, -0.15) is 5.26 Å². The van der Waals surface area contributed by atoms with Gasteiger partial charge in [-0.05, 0) is 5.56 Å². The van der Waals surface area contributed by atoms with Crippen LogP contribution in [-0.4, -0.2) is 25.7 Å². The molecule has 0 aliphatic carbocycles. The summed E-state index contributed by atoms with van der Waals surface area (Å²) in [6.07, 6.45) is 0.389. The second-order valence-electron chi connectivity index (χ2n) is 3.80. The van der Waals surface area contributed by atoms with E-state index < -0.39 is 5.91 Å². The van der Waals surface area contributed by atoms with E-state index in [4.69, 9.17) is 15.7 Å². The molecule has 0 aliphatic heterocycles. The van der Waals surface area contributed by atoms with Crippen molar-refractivity contribution in [1.29, 1.82) is 5.26 Å². The van der Waals surface area contributed by atoms with E-state index in [9.17, 15) is 4.79 Å². The molecule has 1 amide bonds. The maximum atomic E-state index is 10.5. The molecule has 1 unspecified atom stereocenters. The molecule has 0 radical (unpaired) electrons. The Morgan fingerprint density at radius 3 is 2.78 bits per heavy atom. The molecule has 0 fully saturated rings. The summed E-state index contributed by atoms with van der Waals surface area (Å²) in [5.41, 5.74) is 6.01. The molecule has 0 spiro atoms. The molecule has 0 aliphatic rings. The second kappa shape index (κ2) is 8.23. The van der Waals surface area contributed by atoms with Gasteiger partial charge in [0.2, 0.25) is 5.91 Å². The number of hydrogen-bond donors (Lipinski definition) is 2. The summed E-state index contributed by atoms with van der Waals surface area (Å²) in [7, 11) is 0. The number of hydrogen-bond acceptors (Lipinski definition) is 4. The van der Waals surface area contributed by atoms with E-state index in [-0.39, 0.29) is 12.6 Å². The fourth-order valence-electron chi connectivity index (χ4n) is 1.56. The maximum absolute atomic E-state index is 10.5. The molecule has 0 heterocycles. The minimum atomic E-state index is -0.480. The van der Waals surface area contributed by atoms with Crippen molar-refractivity contribution < 1.29 is 9.53 Å². The standard InChI is InChI=1S/C13H17N3O2/c14-7-6-12(11-4-2-1-3-5-11)16-8-9-18-10-13(15)17/h1-5,12,16H,6,8-10H2,(H2,15,17). The molecular weight excluding hydrogens is 230 g/mol. The number of amides is 1. The average Bonchev–Trinajstić information content (AvgIpc) is 2.38. The Morgan fingerprint density at radius 1 is 1.44 bits per heavy atom. The molecular formula is C13H17N3O2. The van der Waals surface area contributed by atoms with E-state index in [1.54, 1.807) is 0 Å². The van der Waals surface area contributed by atoms with Crippen LogP contribution in [0.25, 0.3) is 0 Å². The lowest BCUT2D eigenvalue weighted by atomic mass is 10.0. The first kappa shape index (κ1) is 14.2. The Labute approximate surface area is 107 Å². The summed E-state index contributed by atoms with van der Waals surface area (Å²) in [5, 5.41) is 12.0. The summed E-state index contributed by atoms with van der Waals surface area (Å²) < 4.78 is 5.04. The Balaban J connectivity index is 2.36. The highest BCUT2D eigenvalue weighted by molar-refractivity contribution is 5.74. The van der Waals surface area contributed by atoms with Crippen LogP contribution in [0, 0.1) is 11.3 Å². The molecule has 0 saturated heterocycles. The third kappa shape index (κ3) is 5.43. The smallest absolute Gasteiger partial charge is 0.243 e. The van der Waals surface area contributed by atoms with Crippen LogP contribution in [0.2, 0.25) is 0 Å². The number of primary amides is 1. The van der Waals surface area contributed by atoms with Gasteiger partial charge in [-0.1, -0.05) is 30.3 Å². The third-order valence-corrected chi connectivity index (χ3v) is 2.38. The van der Waals surface area contributed by atoms with Crippen LogP contribution < -0.4 is 11.1 Å². The number of nitrogens with two attached hydrogens (primary N) is 1. The van der Waals surface area contributed by atoms with Gasteiger partial charge in [-0.15, -0.1) is 0 Å². The fourth-order valence-corrected chi connectivity index (χ4v) is 1.56. The monoisotopic (exact) mass is 247 g/mol. The quantitative estimate of drug-likeness (QED) is 0.663. The van der Waals surface area contributed by atoms with Crippen LogP contribution in [-0.2, 0) is 9.53 Å². The van der Waals surface area contributed by atoms with Gasteiger partial charge in [0.15, 0.2) is 0 Å². The van der Waals surface area contributed by atoms with Crippen molar-refractivity contribution in [1.82, 2.24) is 5.32 Å². The summed E-state index contributed by atoms with van der Waals surface area (Å²) in [6, 6.07) is 11.9. The Kier molecular flexibility index (Phi) is 6.47. The zero-order valence-corrected chi connectivity index (χ0v) is 10.1. The molecule has 1 aromatic carbocycles. The lowest BCUT2D eigenvalue weighted by molar-refractivity contribution is -0.122. The van der Waals surface area contributed by atoms with Gasteiger partial charge in [-0.25, -0.2) is 0 Å². The largest absolute Gasteiger partial charge is 0.370 e. The third-order valence-electron chi connectivity index (χ3n) is 2.38. The summed E-state index contributed by atoms with van der Waals surface area (Å²) >= 11 is 0. The highest BCUT2D eigenvalue weighted by Crippen LogP contribution is 2.15. The normalized spacial score (nSPS) is 11.7. The van der Waals surface area contributed by atoms with E-state index in [1.807, 2.05) is 30.3 Å². The average molecular weight is 247 g/mol. The minimum Gasteiger partial charge on any atom is -0.370 e. The molecule has 1 atom stereocenters. The first-order chi connectivity index (χ1) is 8.74. The number of nitriles is 1. The lowest BCUT2D eigenvalue weighted by Crippen LogP contribution is -2.27. The van der Waals surface area contributed by atoms with Gasteiger partial charge >= 0.3 is 0 Å². The van der Waals surface area contributed by atoms with Gasteiger partial charge in [0.25, 0.3) is 0 Å². The van der Waals surface area contributed by atoms with Crippen LogP contribution in [0.15, 0.2) is 30.3 Å². The van der Waals surface area contributed by atoms with Crippen molar-refractivity contribution in [2.75, 3.05) is 19.8 Å². The van der Waals surface area contributed by atoms with Crippen LogP contribution in [0.5, 0.6) is 0 Å². The molecule has 5 nitrogen and oxygen atoms in total. The predicted molar refractivity (Wildman–Crippen MR) is 67.4 cm³/mol. The molecule has 1 aromatic rings. The Morgan fingerprint density at radius 2 is 2.17 bits per heavy atom. The number of carbonyl (C=O) groups is 1. The van der Waals surface area contributed by atoms with Crippen molar-refractivity contribution in [3.05, 3.63) is 35.9 Å². The number of carbonyl (C=O) groups excluding carboxylic acids is 1. The van der Waals surface area contributed by atoms with Gasteiger partial charge in [0.05, 0.1) is 19.1 Å². The molecule has 1 rings (SSSR count). The summed E-state index contributed by atoms with van der Waals surface area (Å²) in [5.74, 6) is -0.480. The molecule has 0 bridgehead atoms. The SMILES string of the molecule is N#CCC(NCCOCC(N)=O)c1ccccc1. The number of nitrogens with one attached hydrogen (secondary N) is 1. The number of nitrogens with zero attached hydrogens (tertiary/aromatic N) is 1. The minimum absolute atomic E-state index is 0.0200. The topological polar surface area (TPSA) is 88.1 Å². The van der Waals surface area contributed by atoms with Crippen molar-refractivity contribution in [3.63, 3.8) is 0 Å². The molecule has 3 N–H and O–H groups in total.